The smallest absolute Gasteiger partial charge is 0.183 e. The van der Waals surface area contributed by atoms with E-state index in [1.807, 2.05) is 18.2 Å². The van der Waals surface area contributed by atoms with Crippen molar-refractivity contribution in [3.63, 3.8) is 0 Å². The van der Waals surface area contributed by atoms with Gasteiger partial charge >= 0.3 is 0 Å². The lowest BCUT2D eigenvalue weighted by Gasteiger charge is -2.30. The van der Waals surface area contributed by atoms with Crippen LogP contribution in [-0.2, 0) is 19.7 Å². The van der Waals surface area contributed by atoms with E-state index in [0.717, 1.165) is 31.5 Å². The van der Waals surface area contributed by atoms with E-state index in [1.165, 1.54) is 19.2 Å². The molecule has 0 amide bonds. The second-order valence-electron chi connectivity index (χ2n) is 8.52. The number of sulfone groups is 2. The van der Waals surface area contributed by atoms with Crippen LogP contribution in [0.25, 0.3) is 0 Å². The Morgan fingerprint density at radius 2 is 1.69 bits per heavy atom. The highest BCUT2D eigenvalue weighted by Gasteiger charge is 2.46. The van der Waals surface area contributed by atoms with Crippen molar-refractivity contribution in [3.05, 3.63) is 60.2 Å². The van der Waals surface area contributed by atoms with Gasteiger partial charge in [0, 0.05) is 18.6 Å². The number of hydrogen-bond acceptors (Lipinski definition) is 7. The number of benzene rings is 2. The van der Waals surface area contributed by atoms with Gasteiger partial charge in [0.2, 0.25) is 0 Å². The van der Waals surface area contributed by atoms with Crippen LogP contribution in [-0.4, -0.2) is 71.3 Å². The maximum Gasteiger partial charge on any atom is 0.183 e. The zero-order chi connectivity index (χ0) is 22.8. The van der Waals surface area contributed by atoms with Gasteiger partial charge in [-0.3, -0.25) is 4.90 Å². The molecule has 1 unspecified atom stereocenters. The minimum absolute atomic E-state index is 0.0753. The molecule has 3 atom stereocenters. The Morgan fingerprint density at radius 1 is 1.03 bits per heavy atom. The average Bonchev–Trinajstić information content (AvgIpc) is 3.43. The molecule has 4 rings (SSSR count). The highest BCUT2D eigenvalue weighted by atomic mass is 32.2. The molecule has 2 aromatic rings. The molecule has 9 heteroatoms. The fraction of sp³-hybridized carbons (Fsp3) is 0.478. The predicted octanol–water partition coefficient (Wildman–Crippen LogP) is 2.06. The number of rotatable bonds is 8. The normalized spacial score (nSPS) is 24.4. The molecular weight excluding hydrogens is 448 g/mol. The first kappa shape index (κ1) is 23.2. The molecule has 0 spiro atoms. The van der Waals surface area contributed by atoms with E-state index < -0.39 is 31.0 Å². The molecule has 2 aromatic carbocycles. The molecule has 2 saturated heterocycles. The largest absolute Gasteiger partial charge is 0.497 e. The molecule has 0 bridgehead atoms. The molecule has 1 N–H and O–H groups in total. The summed E-state index contributed by atoms with van der Waals surface area (Å²) in [4.78, 5) is 2.50. The lowest BCUT2D eigenvalue weighted by molar-refractivity contribution is 0.234. The molecule has 2 aliphatic heterocycles. The Kier molecular flexibility index (Phi) is 6.90. The zero-order valence-corrected chi connectivity index (χ0v) is 19.8. The molecule has 2 heterocycles. The SMILES string of the molecule is COc1ccc(S(=O)(=O)[C@H]2CS(=O)(=O)C[C@@H]2NCC(c2ccccc2)N2CCCC2)cc1. The maximum absolute atomic E-state index is 13.3. The van der Waals surface area contributed by atoms with Crippen LogP contribution in [0.5, 0.6) is 5.75 Å². The van der Waals surface area contributed by atoms with E-state index >= 15 is 0 Å². The molecule has 0 saturated carbocycles. The van der Waals surface area contributed by atoms with Gasteiger partial charge in [0.15, 0.2) is 19.7 Å². The van der Waals surface area contributed by atoms with Crippen molar-refractivity contribution in [1.82, 2.24) is 10.2 Å². The molecule has 2 fully saturated rings. The van der Waals surface area contributed by atoms with Crippen molar-refractivity contribution in [2.24, 2.45) is 0 Å². The van der Waals surface area contributed by atoms with Gasteiger partial charge in [-0.05, 0) is 55.8 Å². The Morgan fingerprint density at radius 3 is 2.31 bits per heavy atom. The standard InChI is InChI=1S/C23H30N2O5S2/c1-30-19-9-11-20(12-10-19)32(28,29)23-17-31(26,27)16-21(23)24-15-22(25-13-5-6-14-25)18-7-3-2-4-8-18/h2-4,7-12,21-24H,5-6,13-17H2,1H3/t21-,22?,23-/m0/s1. The summed E-state index contributed by atoms with van der Waals surface area (Å²) in [5.41, 5.74) is 1.15. The van der Waals surface area contributed by atoms with Crippen LogP contribution in [0, 0.1) is 0 Å². The summed E-state index contributed by atoms with van der Waals surface area (Å²) in [6.45, 7) is 2.47. The lowest BCUT2D eigenvalue weighted by Crippen LogP contribution is -2.46. The first-order valence-corrected chi connectivity index (χ1v) is 14.3. The van der Waals surface area contributed by atoms with E-state index in [0.29, 0.717) is 12.3 Å². The number of methoxy groups -OCH3 is 1. The van der Waals surface area contributed by atoms with Crippen LogP contribution < -0.4 is 10.1 Å². The van der Waals surface area contributed by atoms with Gasteiger partial charge < -0.3 is 10.1 Å². The third kappa shape index (κ3) is 5.01. The lowest BCUT2D eigenvalue weighted by atomic mass is 10.0. The zero-order valence-electron chi connectivity index (χ0n) is 18.2. The fourth-order valence-electron chi connectivity index (χ4n) is 4.70. The molecule has 174 valence electrons. The molecule has 2 aliphatic rings. The second kappa shape index (κ2) is 9.51. The number of hydrogen-bond donors (Lipinski definition) is 1. The van der Waals surface area contributed by atoms with E-state index in [-0.39, 0.29) is 22.4 Å². The summed E-state index contributed by atoms with van der Waals surface area (Å²) in [6.07, 6.45) is 2.27. The van der Waals surface area contributed by atoms with Crippen molar-refractivity contribution in [2.45, 2.75) is 35.1 Å². The van der Waals surface area contributed by atoms with Crippen LogP contribution in [0.1, 0.15) is 24.4 Å². The van der Waals surface area contributed by atoms with Gasteiger partial charge in [0.1, 0.15) is 5.75 Å². The van der Waals surface area contributed by atoms with Crippen LogP contribution in [0.4, 0.5) is 0 Å². The third-order valence-corrected chi connectivity index (χ3v) is 10.6. The summed E-state index contributed by atoms with van der Waals surface area (Å²) in [5.74, 6) is 0.0156. The second-order valence-corrected chi connectivity index (χ2v) is 12.8. The summed E-state index contributed by atoms with van der Waals surface area (Å²) in [6, 6.07) is 15.6. The minimum Gasteiger partial charge on any atom is -0.497 e. The fourth-order valence-corrected chi connectivity index (χ4v) is 9.42. The van der Waals surface area contributed by atoms with Crippen molar-refractivity contribution in [1.29, 1.82) is 0 Å². The minimum atomic E-state index is -3.83. The topological polar surface area (TPSA) is 92.8 Å². The van der Waals surface area contributed by atoms with Crippen molar-refractivity contribution < 1.29 is 21.6 Å². The quantitative estimate of drug-likeness (QED) is 0.621. The Bertz CT molecular complexity index is 1110. The van der Waals surface area contributed by atoms with Crippen LogP contribution in [0.3, 0.4) is 0 Å². The Balaban J connectivity index is 1.56. The highest BCUT2D eigenvalue weighted by Crippen LogP contribution is 2.29. The first-order valence-electron chi connectivity index (χ1n) is 10.9. The highest BCUT2D eigenvalue weighted by molar-refractivity contribution is 7.96. The van der Waals surface area contributed by atoms with Crippen LogP contribution in [0.15, 0.2) is 59.5 Å². The molecule has 0 radical (unpaired) electrons. The predicted molar refractivity (Wildman–Crippen MR) is 124 cm³/mol. The van der Waals surface area contributed by atoms with Crippen molar-refractivity contribution in [2.75, 3.05) is 38.2 Å². The monoisotopic (exact) mass is 478 g/mol. The summed E-state index contributed by atoms with van der Waals surface area (Å²) >= 11 is 0. The summed E-state index contributed by atoms with van der Waals surface area (Å²) < 4.78 is 56.7. The van der Waals surface area contributed by atoms with Gasteiger partial charge in [0.25, 0.3) is 0 Å². The number of nitrogens with zero attached hydrogens (tertiary/aromatic N) is 1. The molecular formula is C23H30N2O5S2. The third-order valence-electron chi connectivity index (χ3n) is 6.43. The Labute approximate surface area is 190 Å². The number of ether oxygens (including phenoxy) is 1. The molecule has 0 aliphatic carbocycles. The Hall–Kier alpha value is -1.94. The molecule has 32 heavy (non-hydrogen) atoms. The van der Waals surface area contributed by atoms with E-state index in [2.05, 4.69) is 22.3 Å². The van der Waals surface area contributed by atoms with Gasteiger partial charge in [0.05, 0.1) is 28.8 Å². The number of likely N-dealkylation sites (tertiary alicyclic amines) is 1. The van der Waals surface area contributed by atoms with E-state index in [4.69, 9.17) is 4.74 Å². The summed E-state index contributed by atoms with van der Waals surface area (Å²) in [5, 5.41) is 2.32. The average molecular weight is 479 g/mol. The van der Waals surface area contributed by atoms with E-state index in [1.54, 1.807) is 12.1 Å². The van der Waals surface area contributed by atoms with Crippen molar-refractivity contribution in [3.8, 4) is 5.75 Å². The molecule has 7 nitrogen and oxygen atoms in total. The van der Waals surface area contributed by atoms with Gasteiger partial charge in [-0.1, -0.05) is 30.3 Å². The van der Waals surface area contributed by atoms with Crippen molar-refractivity contribution >= 4 is 19.7 Å². The van der Waals surface area contributed by atoms with Gasteiger partial charge in [-0.25, -0.2) is 16.8 Å². The number of nitrogens with one attached hydrogen (secondary N) is 1. The van der Waals surface area contributed by atoms with E-state index in [9.17, 15) is 16.8 Å². The molecule has 0 aromatic heterocycles. The van der Waals surface area contributed by atoms with Gasteiger partial charge in [-0.15, -0.1) is 0 Å². The van der Waals surface area contributed by atoms with Crippen LogP contribution in [0.2, 0.25) is 0 Å². The van der Waals surface area contributed by atoms with Crippen LogP contribution >= 0.6 is 0 Å². The van der Waals surface area contributed by atoms with Gasteiger partial charge in [-0.2, -0.15) is 0 Å². The maximum atomic E-state index is 13.3. The summed E-state index contributed by atoms with van der Waals surface area (Å²) in [7, 11) is -5.78. The first-order chi connectivity index (χ1) is 15.3.